The van der Waals surface area contributed by atoms with Crippen molar-refractivity contribution in [1.29, 1.82) is 0 Å². The van der Waals surface area contributed by atoms with E-state index in [-0.39, 0.29) is 24.0 Å². The van der Waals surface area contributed by atoms with Gasteiger partial charge in [-0.2, -0.15) is 0 Å². The molecule has 0 saturated heterocycles. The Bertz CT molecular complexity index is 134. The maximum absolute atomic E-state index is 2.28. The summed E-state index contributed by atoms with van der Waals surface area (Å²) in [6.07, 6.45) is 7.95. The van der Waals surface area contributed by atoms with Crippen LogP contribution in [0.25, 0.3) is 0 Å². The van der Waals surface area contributed by atoms with Crippen molar-refractivity contribution < 1.29 is 0 Å². The van der Waals surface area contributed by atoms with Crippen LogP contribution in [0.4, 0.5) is 0 Å². The van der Waals surface area contributed by atoms with Crippen LogP contribution in [0.15, 0.2) is 23.8 Å². The number of hydrogen-bond acceptors (Lipinski definition) is 0. The predicted octanol–water partition coefficient (Wildman–Crippen LogP) is 4.17. The van der Waals surface area contributed by atoms with Crippen molar-refractivity contribution in [3.8, 4) is 0 Å². The van der Waals surface area contributed by atoms with Gasteiger partial charge in [-0.05, 0) is 19.3 Å². The standard InChI is InChI=1S/C8H12.C2H6.HI/c1-7-3-5-8(2)6-4-7;1-2;/h3-5,8H,6H2,1-2H3;1-2H3;1H. The molecule has 0 nitrogen and oxygen atoms in total. The van der Waals surface area contributed by atoms with Crippen molar-refractivity contribution in [3.63, 3.8) is 0 Å². The molecule has 0 aromatic carbocycles. The molecule has 1 aliphatic rings. The van der Waals surface area contributed by atoms with Gasteiger partial charge in [-0.3, -0.25) is 0 Å². The van der Waals surface area contributed by atoms with E-state index in [1.807, 2.05) is 13.8 Å². The lowest BCUT2D eigenvalue weighted by molar-refractivity contribution is 0.731. The fourth-order valence-corrected chi connectivity index (χ4v) is 0.834. The summed E-state index contributed by atoms with van der Waals surface area (Å²) in [5, 5.41) is 0. The van der Waals surface area contributed by atoms with Gasteiger partial charge in [0.2, 0.25) is 0 Å². The average Bonchev–Trinajstić information content (AvgIpc) is 2.00. The zero-order valence-corrected chi connectivity index (χ0v) is 10.3. The van der Waals surface area contributed by atoms with Crippen LogP contribution in [-0.2, 0) is 0 Å². The molecule has 0 heterocycles. The maximum Gasteiger partial charge on any atom is -0.0224 e. The molecule has 0 radical (unpaired) electrons. The Morgan fingerprint density at radius 3 is 2.18 bits per heavy atom. The van der Waals surface area contributed by atoms with E-state index in [0.29, 0.717) is 0 Å². The topological polar surface area (TPSA) is 0 Å². The Morgan fingerprint density at radius 1 is 1.36 bits per heavy atom. The maximum atomic E-state index is 2.28. The summed E-state index contributed by atoms with van der Waals surface area (Å²) < 4.78 is 0. The molecule has 0 spiro atoms. The second-order valence-corrected chi connectivity index (χ2v) is 2.52. The summed E-state index contributed by atoms with van der Waals surface area (Å²) in [5.41, 5.74) is 1.41. The van der Waals surface area contributed by atoms with Gasteiger partial charge in [0.1, 0.15) is 0 Å². The third kappa shape index (κ3) is 6.60. The summed E-state index contributed by atoms with van der Waals surface area (Å²) >= 11 is 0. The number of halogens is 1. The fourth-order valence-electron chi connectivity index (χ4n) is 0.834. The molecule has 0 fully saturated rings. The van der Waals surface area contributed by atoms with Crippen molar-refractivity contribution in [3.05, 3.63) is 23.8 Å². The second kappa shape index (κ2) is 8.31. The van der Waals surface area contributed by atoms with Gasteiger partial charge in [0.15, 0.2) is 0 Å². The molecule has 0 amide bonds. The summed E-state index contributed by atoms with van der Waals surface area (Å²) in [6.45, 7) is 8.38. The minimum Gasteiger partial charge on any atom is -0.107 e. The molecule has 11 heavy (non-hydrogen) atoms. The van der Waals surface area contributed by atoms with Crippen LogP contribution >= 0.6 is 24.0 Å². The van der Waals surface area contributed by atoms with Crippen LogP contribution in [0.5, 0.6) is 0 Å². The second-order valence-electron chi connectivity index (χ2n) is 2.52. The number of rotatable bonds is 0. The van der Waals surface area contributed by atoms with Crippen molar-refractivity contribution in [2.75, 3.05) is 0 Å². The molecule has 1 atom stereocenters. The summed E-state index contributed by atoms with van der Waals surface area (Å²) in [5.74, 6) is 0.763. The average molecular weight is 266 g/mol. The summed E-state index contributed by atoms with van der Waals surface area (Å²) in [6, 6.07) is 0. The van der Waals surface area contributed by atoms with E-state index in [2.05, 4.69) is 32.1 Å². The molecule has 66 valence electrons. The van der Waals surface area contributed by atoms with Crippen molar-refractivity contribution in [2.45, 2.75) is 34.1 Å². The van der Waals surface area contributed by atoms with Crippen molar-refractivity contribution in [2.24, 2.45) is 5.92 Å². The van der Waals surface area contributed by atoms with Gasteiger partial charge in [0, 0.05) is 0 Å². The van der Waals surface area contributed by atoms with E-state index in [4.69, 9.17) is 0 Å². The van der Waals surface area contributed by atoms with E-state index in [1.165, 1.54) is 12.0 Å². The fraction of sp³-hybridized carbons (Fsp3) is 0.600. The third-order valence-corrected chi connectivity index (χ3v) is 1.50. The largest absolute Gasteiger partial charge is 0.107 e. The third-order valence-electron chi connectivity index (χ3n) is 1.50. The van der Waals surface area contributed by atoms with Gasteiger partial charge in [-0.1, -0.05) is 44.6 Å². The normalized spacial score (nSPS) is 20.7. The molecule has 0 aliphatic heterocycles. The van der Waals surface area contributed by atoms with Crippen LogP contribution in [0.1, 0.15) is 34.1 Å². The van der Waals surface area contributed by atoms with Crippen molar-refractivity contribution >= 4 is 24.0 Å². The molecular weight excluding hydrogens is 247 g/mol. The highest BCUT2D eigenvalue weighted by atomic mass is 127. The number of allylic oxidation sites excluding steroid dienone is 4. The predicted molar refractivity (Wildman–Crippen MR) is 63.4 cm³/mol. The van der Waals surface area contributed by atoms with E-state index < -0.39 is 0 Å². The molecule has 0 N–H and O–H groups in total. The minimum absolute atomic E-state index is 0. The monoisotopic (exact) mass is 266 g/mol. The molecule has 0 saturated carbocycles. The Labute approximate surface area is 87.8 Å². The Balaban J connectivity index is 0. The molecule has 1 heteroatoms. The van der Waals surface area contributed by atoms with Gasteiger partial charge in [-0.25, -0.2) is 0 Å². The summed E-state index contributed by atoms with van der Waals surface area (Å²) in [4.78, 5) is 0. The lowest BCUT2D eigenvalue weighted by Crippen LogP contribution is -1.91. The zero-order valence-electron chi connectivity index (χ0n) is 7.92. The molecule has 1 rings (SSSR count). The van der Waals surface area contributed by atoms with Gasteiger partial charge in [-0.15, -0.1) is 24.0 Å². The van der Waals surface area contributed by atoms with Gasteiger partial charge >= 0.3 is 0 Å². The van der Waals surface area contributed by atoms with Crippen LogP contribution in [0.2, 0.25) is 0 Å². The van der Waals surface area contributed by atoms with E-state index in [0.717, 1.165) is 5.92 Å². The molecule has 0 bridgehead atoms. The lowest BCUT2D eigenvalue weighted by Gasteiger charge is -2.06. The van der Waals surface area contributed by atoms with Crippen molar-refractivity contribution in [1.82, 2.24) is 0 Å². The molecule has 0 aromatic rings. The molecule has 1 unspecified atom stereocenters. The zero-order chi connectivity index (χ0) is 7.98. The minimum atomic E-state index is 0. The first-order valence-corrected chi connectivity index (χ1v) is 4.14. The highest BCUT2D eigenvalue weighted by Gasteiger charge is 1.97. The van der Waals surface area contributed by atoms with E-state index in [9.17, 15) is 0 Å². The van der Waals surface area contributed by atoms with Gasteiger partial charge in [0.05, 0.1) is 0 Å². The first kappa shape index (κ1) is 13.8. The van der Waals surface area contributed by atoms with E-state index in [1.54, 1.807) is 0 Å². The molecule has 0 aromatic heterocycles. The van der Waals surface area contributed by atoms with Crippen LogP contribution in [0.3, 0.4) is 0 Å². The smallest absolute Gasteiger partial charge is 0.0224 e. The Kier molecular flexibility index (Phi) is 10.4. The summed E-state index contributed by atoms with van der Waals surface area (Å²) in [7, 11) is 0. The van der Waals surface area contributed by atoms with Crippen LogP contribution in [0, 0.1) is 5.92 Å². The van der Waals surface area contributed by atoms with Gasteiger partial charge < -0.3 is 0 Å². The Hall–Kier alpha value is 0.210. The first-order chi connectivity index (χ1) is 4.79. The Morgan fingerprint density at radius 2 is 1.91 bits per heavy atom. The quantitative estimate of drug-likeness (QED) is 0.577. The number of hydrogen-bond donors (Lipinski definition) is 0. The van der Waals surface area contributed by atoms with E-state index >= 15 is 0 Å². The molecule has 1 aliphatic carbocycles. The van der Waals surface area contributed by atoms with Gasteiger partial charge in [0.25, 0.3) is 0 Å². The van der Waals surface area contributed by atoms with Crippen LogP contribution < -0.4 is 0 Å². The molecular formula is C10H19I. The van der Waals surface area contributed by atoms with Crippen LogP contribution in [-0.4, -0.2) is 0 Å². The first-order valence-electron chi connectivity index (χ1n) is 4.14. The highest BCUT2D eigenvalue weighted by molar-refractivity contribution is 14.0. The highest BCUT2D eigenvalue weighted by Crippen LogP contribution is 2.13. The lowest BCUT2D eigenvalue weighted by atomic mass is 10.00. The SMILES string of the molecule is CC.CC1=CCC(C)C=C1.I.